The molecule has 0 fully saturated rings. The summed E-state index contributed by atoms with van der Waals surface area (Å²) in [6, 6.07) is 23.1. The largest absolute Gasteiger partial charge is 0.457 e. The number of anilines is 5. The van der Waals surface area contributed by atoms with Gasteiger partial charge in [-0.05, 0) is 73.2 Å². The average molecular weight is 562 g/mol. The third-order valence-electron chi connectivity index (χ3n) is 6.41. The Balaban J connectivity index is 1.31. The molecule has 0 saturated heterocycles. The molecule has 41 heavy (non-hydrogen) atoms. The van der Waals surface area contributed by atoms with E-state index in [1.54, 1.807) is 41.4 Å². The van der Waals surface area contributed by atoms with Crippen molar-refractivity contribution in [1.29, 1.82) is 0 Å². The summed E-state index contributed by atoms with van der Waals surface area (Å²) >= 11 is 1.19. The van der Waals surface area contributed by atoms with Gasteiger partial charge < -0.3 is 20.7 Å². The molecule has 0 atom stereocenters. The topological polar surface area (TPSA) is 113 Å². The third-order valence-corrected chi connectivity index (χ3v) is 7.51. The van der Waals surface area contributed by atoms with Crippen LogP contribution in [0.1, 0.15) is 15.2 Å². The van der Waals surface area contributed by atoms with Crippen LogP contribution in [0.4, 0.5) is 33.2 Å². The molecule has 3 aromatic carbocycles. The maximum absolute atomic E-state index is 13.5. The van der Waals surface area contributed by atoms with E-state index in [0.717, 1.165) is 11.6 Å². The molecule has 4 amide bonds. The fourth-order valence-electron chi connectivity index (χ4n) is 4.61. The van der Waals surface area contributed by atoms with Gasteiger partial charge >= 0.3 is 6.03 Å². The number of rotatable bonds is 7. The zero-order chi connectivity index (χ0) is 28.5. The fourth-order valence-corrected chi connectivity index (χ4v) is 5.62. The first-order valence-electron chi connectivity index (χ1n) is 12.6. The summed E-state index contributed by atoms with van der Waals surface area (Å²) in [5.74, 6) is 0.599. The smallest absolute Gasteiger partial charge is 0.331 e. The second-order valence-electron chi connectivity index (χ2n) is 9.17. The van der Waals surface area contributed by atoms with Crippen molar-refractivity contribution < 1.29 is 19.1 Å². The van der Waals surface area contributed by atoms with Crippen LogP contribution in [-0.4, -0.2) is 22.8 Å². The zero-order valence-corrected chi connectivity index (χ0v) is 22.6. The molecular formula is C31H23N5O4S. The van der Waals surface area contributed by atoms with Crippen molar-refractivity contribution in [3.63, 3.8) is 0 Å². The van der Waals surface area contributed by atoms with Crippen LogP contribution < -0.4 is 25.6 Å². The van der Waals surface area contributed by atoms with Crippen molar-refractivity contribution in [2.45, 2.75) is 6.92 Å². The molecule has 5 aromatic rings. The van der Waals surface area contributed by atoms with Crippen LogP contribution in [0.3, 0.4) is 0 Å². The monoisotopic (exact) mass is 561 g/mol. The van der Waals surface area contributed by atoms with E-state index >= 15 is 0 Å². The summed E-state index contributed by atoms with van der Waals surface area (Å²) in [6.45, 7) is 5.35. The Hall–Kier alpha value is -5.48. The number of nitrogens with one attached hydrogen (secondary N) is 3. The number of hydrogen-bond donors (Lipinski definition) is 3. The summed E-state index contributed by atoms with van der Waals surface area (Å²) in [4.78, 5) is 45.5. The highest BCUT2D eigenvalue weighted by atomic mass is 32.1. The van der Waals surface area contributed by atoms with Crippen LogP contribution in [0.2, 0.25) is 0 Å². The van der Waals surface area contributed by atoms with Gasteiger partial charge in [-0.25, -0.2) is 9.78 Å². The van der Waals surface area contributed by atoms with Gasteiger partial charge in [0, 0.05) is 17.6 Å². The van der Waals surface area contributed by atoms with E-state index in [9.17, 15) is 14.4 Å². The fraction of sp³-hybridized carbons (Fsp3) is 0.0323. The Bertz CT molecular complexity index is 1850. The van der Waals surface area contributed by atoms with E-state index in [1.807, 2.05) is 55.5 Å². The minimum atomic E-state index is -0.409. The van der Waals surface area contributed by atoms with E-state index in [1.165, 1.54) is 11.3 Å². The minimum absolute atomic E-state index is 0.316. The summed E-state index contributed by atoms with van der Waals surface area (Å²) < 4.78 is 5.96. The number of amides is 4. The van der Waals surface area contributed by atoms with Gasteiger partial charge in [-0.1, -0.05) is 30.8 Å². The van der Waals surface area contributed by atoms with Gasteiger partial charge in [0.1, 0.15) is 21.2 Å². The lowest BCUT2D eigenvalue weighted by Crippen LogP contribution is -2.34. The van der Waals surface area contributed by atoms with Gasteiger partial charge in [0.05, 0.1) is 22.4 Å². The molecule has 2 aromatic heterocycles. The number of carbonyl (C=O) groups is 3. The number of benzene rings is 3. The highest BCUT2D eigenvalue weighted by molar-refractivity contribution is 7.21. The molecule has 0 aliphatic carbocycles. The molecule has 3 N–H and O–H groups in total. The van der Waals surface area contributed by atoms with Crippen LogP contribution in [0.15, 0.2) is 97.7 Å². The summed E-state index contributed by atoms with van der Waals surface area (Å²) in [7, 11) is 0. The van der Waals surface area contributed by atoms with Crippen molar-refractivity contribution in [2.75, 3.05) is 20.9 Å². The van der Waals surface area contributed by atoms with Crippen LogP contribution in [0.5, 0.6) is 11.5 Å². The van der Waals surface area contributed by atoms with E-state index in [4.69, 9.17) is 4.74 Å². The predicted molar refractivity (Wildman–Crippen MR) is 162 cm³/mol. The maximum atomic E-state index is 13.5. The van der Waals surface area contributed by atoms with Crippen molar-refractivity contribution in [3.8, 4) is 11.5 Å². The minimum Gasteiger partial charge on any atom is -0.457 e. The Morgan fingerprint density at radius 3 is 2.49 bits per heavy atom. The number of hydrogen-bond acceptors (Lipinski definition) is 6. The maximum Gasteiger partial charge on any atom is 0.331 e. The molecule has 9 nitrogen and oxygen atoms in total. The number of thiophene rings is 1. The molecule has 0 saturated carbocycles. The quantitative estimate of drug-likeness (QED) is 0.179. The number of aromatic nitrogens is 1. The molecular weight excluding hydrogens is 538 g/mol. The Morgan fingerprint density at radius 2 is 1.73 bits per heavy atom. The average Bonchev–Trinajstić information content (AvgIpc) is 3.34. The molecule has 1 aliphatic rings. The third kappa shape index (κ3) is 4.99. The SMILES string of the molecule is C=CC(=O)Nc1cccc(NC(=O)c2sc3nccc4c3c2NC(=O)N4c2ccc(Oc3ccccc3)cc2C)c1. The number of nitrogens with zero attached hydrogens (tertiary/aromatic N) is 2. The summed E-state index contributed by atoms with van der Waals surface area (Å²) in [5.41, 5.74) is 3.53. The second kappa shape index (κ2) is 10.6. The van der Waals surface area contributed by atoms with Gasteiger partial charge in [-0.2, -0.15) is 0 Å². The zero-order valence-electron chi connectivity index (χ0n) is 21.8. The molecule has 0 spiro atoms. The van der Waals surface area contributed by atoms with Gasteiger partial charge in [0.2, 0.25) is 5.91 Å². The number of pyridine rings is 1. The number of aryl methyl sites for hydroxylation is 1. The van der Waals surface area contributed by atoms with E-state index in [-0.39, 0.29) is 5.91 Å². The Labute approximate surface area is 239 Å². The van der Waals surface area contributed by atoms with E-state index in [0.29, 0.717) is 55.0 Å². The number of urea groups is 1. The van der Waals surface area contributed by atoms with Gasteiger partial charge in [0.25, 0.3) is 5.91 Å². The van der Waals surface area contributed by atoms with Crippen molar-refractivity contribution in [3.05, 3.63) is 108 Å². The van der Waals surface area contributed by atoms with Crippen LogP contribution in [0, 0.1) is 6.92 Å². The molecule has 0 radical (unpaired) electrons. The molecule has 10 heteroatoms. The second-order valence-corrected chi connectivity index (χ2v) is 10.2. The number of ether oxygens (including phenoxy) is 1. The van der Waals surface area contributed by atoms with Crippen molar-refractivity contribution >= 4 is 67.8 Å². The van der Waals surface area contributed by atoms with Crippen LogP contribution >= 0.6 is 11.3 Å². The highest BCUT2D eigenvalue weighted by Crippen LogP contribution is 2.46. The highest BCUT2D eigenvalue weighted by Gasteiger charge is 2.33. The first-order valence-corrected chi connectivity index (χ1v) is 13.4. The van der Waals surface area contributed by atoms with E-state index < -0.39 is 11.9 Å². The summed E-state index contributed by atoms with van der Waals surface area (Å²) in [6.07, 6.45) is 2.79. The van der Waals surface area contributed by atoms with Crippen molar-refractivity contribution in [1.82, 2.24) is 4.98 Å². The lowest BCUT2D eigenvalue weighted by atomic mass is 10.1. The first kappa shape index (κ1) is 25.8. The Morgan fingerprint density at radius 1 is 0.951 bits per heavy atom. The molecule has 0 bridgehead atoms. The van der Waals surface area contributed by atoms with Gasteiger partial charge in [-0.15, -0.1) is 11.3 Å². The standard InChI is InChI=1S/C31H23N5O4S/c1-3-25(37)33-19-8-7-9-20(17-19)34-29(38)28-27-26-24(14-15-32-30(26)41-28)36(31(39)35-27)23-13-12-22(16-18(23)2)40-21-10-5-4-6-11-21/h3-17H,1H2,2H3,(H,33,37)(H,34,38)(H,35,39). The first-order chi connectivity index (χ1) is 19.9. The molecule has 3 heterocycles. The normalized spacial score (nSPS) is 12.0. The lowest BCUT2D eigenvalue weighted by Gasteiger charge is -2.29. The molecule has 0 unspecified atom stereocenters. The molecule has 6 rings (SSSR count). The lowest BCUT2D eigenvalue weighted by molar-refractivity contribution is -0.111. The van der Waals surface area contributed by atoms with Gasteiger partial charge in [-0.3, -0.25) is 14.5 Å². The van der Waals surface area contributed by atoms with E-state index in [2.05, 4.69) is 27.5 Å². The predicted octanol–water partition coefficient (Wildman–Crippen LogP) is 7.46. The molecule has 202 valence electrons. The molecule has 1 aliphatic heterocycles. The number of carbonyl (C=O) groups excluding carboxylic acids is 3. The van der Waals surface area contributed by atoms with Crippen molar-refractivity contribution in [2.24, 2.45) is 0 Å². The van der Waals surface area contributed by atoms with Gasteiger partial charge in [0.15, 0.2) is 0 Å². The van der Waals surface area contributed by atoms with Crippen LogP contribution in [-0.2, 0) is 4.79 Å². The van der Waals surface area contributed by atoms with Crippen LogP contribution in [0.25, 0.3) is 10.2 Å². The summed E-state index contributed by atoms with van der Waals surface area (Å²) in [5, 5.41) is 9.11. The number of para-hydroxylation sites is 1. The Kier molecular flexibility index (Phi) is 6.66.